The van der Waals surface area contributed by atoms with Gasteiger partial charge in [0.2, 0.25) is 0 Å². The van der Waals surface area contributed by atoms with Gasteiger partial charge in [-0.05, 0) is 37.6 Å². The molecule has 3 aromatic heterocycles. The van der Waals surface area contributed by atoms with Crippen LogP contribution in [0, 0.1) is 0 Å². The summed E-state index contributed by atoms with van der Waals surface area (Å²) < 4.78 is 1.95. The monoisotopic (exact) mass is 430 g/mol. The molecule has 2 N–H and O–H groups in total. The lowest BCUT2D eigenvalue weighted by atomic mass is 9.96. The molecule has 32 heavy (non-hydrogen) atoms. The van der Waals surface area contributed by atoms with Gasteiger partial charge in [0.05, 0.1) is 24.1 Å². The van der Waals surface area contributed by atoms with Crippen molar-refractivity contribution in [3.8, 4) is 11.4 Å². The molecule has 3 heterocycles. The van der Waals surface area contributed by atoms with E-state index in [4.69, 9.17) is 5.10 Å². The number of nitrogens with zero attached hydrogens (tertiary/aromatic N) is 6. The molecule has 3 aromatic rings. The molecule has 164 valence electrons. The second-order valence-electron chi connectivity index (χ2n) is 7.66. The van der Waals surface area contributed by atoms with Gasteiger partial charge in [-0.15, -0.1) is 0 Å². The number of rotatable bonds is 8. The third-order valence-electron chi connectivity index (χ3n) is 5.44. The lowest BCUT2D eigenvalue weighted by Gasteiger charge is -2.21. The maximum absolute atomic E-state index is 12.9. The second-order valence-corrected chi connectivity index (χ2v) is 7.66. The highest BCUT2D eigenvalue weighted by molar-refractivity contribution is 6.05. The number of aromatic nitrogens is 6. The molecule has 9 nitrogen and oxygen atoms in total. The summed E-state index contributed by atoms with van der Waals surface area (Å²) in [6.07, 6.45) is 22.2. The number of allylic oxidation sites excluding steroid dienone is 3. The van der Waals surface area contributed by atoms with E-state index in [2.05, 4.69) is 37.2 Å². The Hall–Kier alpha value is -3.88. The average molecular weight is 431 g/mol. The number of aromatic amines is 1. The first-order chi connectivity index (χ1) is 15.7. The van der Waals surface area contributed by atoms with Crippen molar-refractivity contribution in [2.75, 3.05) is 5.32 Å². The van der Waals surface area contributed by atoms with Crippen molar-refractivity contribution in [2.24, 2.45) is 4.99 Å². The summed E-state index contributed by atoms with van der Waals surface area (Å²) in [5, 5.41) is 14.4. The van der Waals surface area contributed by atoms with Crippen LogP contribution in [-0.4, -0.2) is 42.6 Å². The molecule has 0 aliphatic heterocycles. The van der Waals surface area contributed by atoms with E-state index >= 15 is 0 Å². The molecule has 4 rings (SSSR count). The van der Waals surface area contributed by atoms with Crippen molar-refractivity contribution >= 4 is 18.3 Å². The summed E-state index contributed by atoms with van der Waals surface area (Å²) in [4.78, 5) is 25.3. The molecule has 0 aromatic carbocycles. The largest absolute Gasteiger partial charge is 0.317 e. The molecule has 0 spiro atoms. The van der Waals surface area contributed by atoms with Crippen molar-refractivity contribution in [1.29, 1.82) is 0 Å². The number of hydrogen-bond donors (Lipinski definition) is 2. The van der Waals surface area contributed by atoms with E-state index < -0.39 is 0 Å². The number of H-pyrrole nitrogens is 1. The van der Waals surface area contributed by atoms with Crippen molar-refractivity contribution < 1.29 is 4.79 Å². The lowest BCUT2D eigenvalue weighted by molar-refractivity contribution is -0.112. The molecule has 0 unspecified atom stereocenters. The van der Waals surface area contributed by atoms with Crippen LogP contribution in [0.3, 0.4) is 0 Å². The number of carbonyl (C=O) groups excluding carboxylic acids is 1. The fourth-order valence-corrected chi connectivity index (χ4v) is 3.77. The molecule has 1 saturated carbocycles. The van der Waals surface area contributed by atoms with Gasteiger partial charge in [0.1, 0.15) is 17.1 Å². The van der Waals surface area contributed by atoms with Crippen LogP contribution in [0.15, 0.2) is 66.1 Å². The Morgan fingerprint density at radius 1 is 1.28 bits per heavy atom. The number of amides is 1. The summed E-state index contributed by atoms with van der Waals surface area (Å²) in [6.45, 7) is 3.54. The van der Waals surface area contributed by atoms with E-state index in [-0.39, 0.29) is 11.6 Å². The molecular weight excluding hydrogens is 404 g/mol. The third kappa shape index (κ3) is 5.23. The summed E-state index contributed by atoms with van der Waals surface area (Å²) in [5.74, 6) is -0.360. The molecule has 1 aliphatic carbocycles. The van der Waals surface area contributed by atoms with Crippen LogP contribution in [-0.2, 0) is 11.2 Å². The minimum absolute atomic E-state index is 0.212. The Balaban J connectivity index is 1.53. The molecule has 1 amide bonds. The normalized spacial score (nSPS) is 15.2. The minimum Gasteiger partial charge on any atom is -0.317 e. The Morgan fingerprint density at radius 2 is 2.16 bits per heavy atom. The summed E-state index contributed by atoms with van der Waals surface area (Å²) in [5.41, 5.74) is 3.04. The van der Waals surface area contributed by atoms with Crippen molar-refractivity contribution in [2.45, 2.75) is 44.6 Å². The van der Waals surface area contributed by atoms with E-state index in [1.165, 1.54) is 19.3 Å². The highest BCUT2D eigenvalue weighted by Crippen LogP contribution is 2.32. The maximum Gasteiger partial charge on any atom is 0.274 e. The molecule has 1 aliphatic rings. The molecule has 0 bridgehead atoms. The third-order valence-corrected chi connectivity index (χ3v) is 5.44. The van der Waals surface area contributed by atoms with Crippen LogP contribution in [0.1, 0.15) is 43.7 Å². The van der Waals surface area contributed by atoms with E-state index in [0.717, 1.165) is 18.4 Å². The van der Waals surface area contributed by atoms with Crippen LogP contribution in [0.2, 0.25) is 0 Å². The quantitative estimate of drug-likeness (QED) is 0.320. The lowest BCUT2D eigenvalue weighted by Crippen LogP contribution is -2.14. The van der Waals surface area contributed by atoms with Gasteiger partial charge >= 0.3 is 0 Å². The van der Waals surface area contributed by atoms with Gasteiger partial charge in [0, 0.05) is 24.8 Å². The van der Waals surface area contributed by atoms with Crippen molar-refractivity contribution in [3.63, 3.8) is 0 Å². The zero-order valence-electron chi connectivity index (χ0n) is 17.8. The maximum atomic E-state index is 12.9. The van der Waals surface area contributed by atoms with Crippen molar-refractivity contribution in [1.82, 2.24) is 29.9 Å². The van der Waals surface area contributed by atoms with E-state index in [1.54, 1.807) is 36.9 Å². The Bertz CT molecular complexity index is 1090. The summed E-state index contributed by atoms with van der Waals surface area (Å²) >= 11 is 0. The number of nitrogens with one attached hydrogen (secondary N) is 2. The van der Waals surface area contributed by atoms with E-state index in [0.29, 0.717) is 29.5 Å². The smallest absolute Gasteiger partial charge is 0.274 e. The Kier molecular flexibility index (Phi) is 6.96. The number of hydrogen-bond acceptors (Lipinski definition) is 6. The van der Waals surface area contributed by atoms with Crippen LogP contribution in [0.25, 0.3) is 11.4 Å². The predicted molar refractivity (Wildman–Crippen MR) is 123 cm³/mol. The standard InChI is InChI=1S/C23H26N8O/c1-24-19(10-6-5-7-17-13-27-28-14-17)23(32)29-21-16-31(18-8-3-2-4-9-18)30-22(21)20-15-25-11-12-26-20/h5-6,10-16,18H,1-4,7-9H2,(H,27,28)(H,29,32)/b6-5-,19-10-. The highest BCUT2D eigenvalue weighted by Gasteiger charge is 2.21. The first kappa shape index (κ1) is 21.4. The Labute approximate surface area is 186 Å². The summed E-state index contributed by atoms with van der Waals surface area (Å²) in [6, 6.07) is 0.322. The number of anilines is 1. The van der Waals surface area contributed by atoms with E-state index in [1.807, 2.05) is 23.2 Å². The van der Waals surface area contributed by atoms with Crippen molar-refractivity contribution in [3.05, 3.63) is 66.7 Å². The first-order valence-corrected chi connectivity index (χ1v) is 10.7. The zero-order chi connectivity index (χ0) is 22.2. The number of carbonyl (C=O) groups is 1. The molecule has 0 atom stereocenters. The first-order valence-electron chi connectivity index (χ1n) is 10.7. The van der Waals surface area contributed by atoms with Gasteiger partial charge in [0.25, 0.3) is 5.91 Å². The summed E-state index contributed by atoms with van der Waals surface area (Å²) in [7, 11) is 0. The molecular formula is C23H26N8O. The van der Waals surface area contributed by atoms with Crippen LogP contribution < -0.4 is 5.32 Å². The van der Waals surface area contributed by atoms with Gasteiger partial charge in [-0.1, -0.05) is 31.4 Å². The van der Waals surface area contributed by atoms with Crippen LogP contribution >= 0.6 is 0 Å². The molecule has 9 heteroatoms. The Morgan fingerprint density at radius 3 is 2.88 bits per heavy atom. The van der Waals surface area contributed by atoms with Crippen LogP contribution in [0.4, 0.5) is 5.69 Å². The zero-order valence-corrected chi connectivity index (χ0v) is 17.8. The highest BCUT2D eigenvalue weighted by atomic mass is 16.2. The van der Waals surface area contributed by atoms with E-state index in [9.17, 15) is 4.79 Å². The average Bonchev–Trinajstić information content (AvgIpc) is 3.50. The fourth-order valence-electron chi connectivity index (χ4n) is 3.77. The minimum atomic E-state index is -0.360. The second kappa shape index (κ2) is 10.4. The molecule has 0 radical (unpaired) electrons. The van der Waals surface area contributed by atoms with Crippen LogP contribution in [0.5, 0.6) is 0 Å². The van der Waals surface area contributed by atoms with Gasteiger partial charge in [-0.3, -0.25) is 29.5 Å². The predicted octanol–water partition coefficient (Wildman–Crippen LogP) is 3.89. The van der Waals surface area contributed by atoms with Gasteiger partial charge < -0.3 is 5.32 Å². The molecule has 1 fully saturated rings. The van der Waals surface area contributed by atoms with Gasteiger partial charge in [-0.2, -0.15) is 10.2 Å². The van der Waals surface area contributed by atoms with Gasteiger partial charge in [-0.25, -0.2) is 0 Å². The fraction of sp³-hybridized carbons (Fsp3) is 0.304. The molecule has 0 saturated heterocycles. The SMILES string of the molecule is C=N/C(=C\C=C/Cc1cn[nH]c1)C(=O)Nc1cn(C2CCCCC2)nc1-c1cnccn1. The number of aliphatic imine (C=N–C) groups is 1. The topological polar surface area (TPSA) is 114 Å². The van der Waals surface area contributed by atoms with Gasteiger partial charge in [0.15, 0.2) is 0 Å².